The smallest absolute Gasteiger partial charge is 0.0928 e. The van der Waals surface area contributed by atoms with Crippen LogP contribution in [-0.4, -0.2) is 12.2 Å². The van der Waals surface area contributed by atoms with Gasteiger partial charge in [0.15, 0.2) is 0 Å². The molecule has 0 radical (unpaired) electrons. The molecule has 11 heavy (non-hydrogen) atoms. The summed E-state index contributed by atoms with van der Waals surface area (Å²) in [7, 11) is 0. The fourth-order valence-electron chi connectivity index (χ4n) is 1.25. The second-order valence-corrected chi connectivity index (χ2v) is 3.40. The third-order valence-corrected chi connectivity index (χ3v) is 2.06. The molecule has 1 heterocycles. The molecule has 1 aliphatic rings. The summed E-state index contributed by atoms with van der Waals surface area (Å²) < 4.78 is 5.30. The van der Waals surface area contributed by atoms with Crippen LogP contribution in [0, 0.1) is 0 Å². The number of hydrogen-bond donors (Lipinski definition) is 0. The minimum Gasteiger partial charge on any atom is -0.370 e. The van der Waals surface area contributed by atoms with Crippen molar-refractivity contribution in [3.63, 3.8) is 0 Å². The molecular weight excluding hydrogens is 136 g/mol. The Bertz CT molecular complexity index is 236. The lowest BCUT2D eigenvalue weighted by atomic mass is 10.0. The van der Waals surface area contributed by atoms with Crippen LogP contribution in [0.5, 0.6) is 0 Å². The highest BCUT2D eigenvalue weighted by atomic mass is 16.6. The van der Waals surface area contributed by atoms with E-state index in [-0.39, 0.29) is 5.60 Å². The summed E-state index contributed by atoms with van der Waals surface area (Å²) in [6.45, 7) is 3.07. The van der Waals surface area contributed by atoms with E-state index in [0.29, 0.717) is 0 Å². The molecule has 1 aromatic carbocycles. The first-order valence-corrected chi connectivity index (χ1v) is 3.96. The molecule has 1 saturated heterocycles. The van der Waals surface area contributed by atoms with Crippen LogP contribution in [0.25, 0.3) is 0 Å². The lowest BCUT2D eigenvalue weighted by molar-refractivity contribution is 0.322. The van der Waals surface area contributed by atoms with Crippen molar-refractivity contribution in [1.82, 2.24) is 0 Å². The molecule has 0 amide bonds. The van der Waals surface area contributed by atoms with Crippen molar-refractivity contribution in [2.24, 2.45) is 0 Å². The molecule has 0 aliphatic carbocycles. The molecule has 58 valence electrons. The maximum atomic E-state index is 5.30. The van der Waals surface area contributed by atoms with Crippen LogP contribution >= 0.6 is 0 Å². The molecule has 1 unspecified atom stereocenters. The number of epoxide rings is 1. The van der Waals surface area contributed by atoms with Crippen molar-refractivity contribution < 1.29 is 4.74 Å². The van der Waals surface area contributed by atoms with E-state index in [1.54, 1.807) is 0 Å². The van der Waals surface area contributed by atoms with Gasteiger partial charge in [-0.2, -0.15) is 0 Å². The zero-order valence-corrected chi connectivity index (χ0v) is 6.71. The summed E-state index contributed by atoms with van der Waals surface area (Å²) in [5, 5.41) is 0. The van der Waals surface area contributed by atoms with Crippen LogP contribution < -0.4 is 0 Å². The Morgan fingerprint density at radius 1 is 1.36 bits per heavy atom. The first-order chi connectivity index (χ1) is 5.29. The third-order valence-electron chi connectivity index (χ3n) is 2.06. The van der Waals surface area contributed by atoms with E-state index in [0.717, 1.165) is 13.0 Å². The molecule has 1 nitrogen and oxygen atoms in total. The van der Waals surface area contributed by atoms with Gasteiger partial charge in [0.2, 0.25) is 0 Å². The van der Waals surface area contributed by atoms with Gasteiger partial charge in [0, 0.05) is 6.42 Å². The van der Waals surface area contributed by atoms with Crippen molar-refractivity contribution >= 4 is 0 Å². The van der Waals surface area contributed by atoms with E-state index >= 15 is 0 Å². The minimum absolute atomic E-state index is 0.154. The highest BCUT2D eigenvalue weighted by Gasteiger charge is 2.38. The number of rotatable bonds is 2. The Balaban J connectivity index is 2.07. The fraction of sp³-hybridized carbons (Fsp3) is 0.400. The topological polar surface area (TPSA) is 12.5 Å². The standard InChI is InChI=1S/C10H12O/c1-10(8-11-10)7-9-5-3-2-4-6-9/h2-6H,7-8H2,1H3. The van der Waals surface area contributed by atoms with Crippen molar-refractivity contribution in [3.8, 4) is 0 Å². The first-order valence-electron chi connectivity index (χ1n) is 3.96. The Kier molecular flexibility index (Phi) is 1.46. The SMILES string of the molecule is CC1(Cc2ccccc2)CO1. The zero-order chi connectivity index (χ0) is 7.73. The summed E-state index contributed by atoms with van der Waals surface area (Å²) in [4.78, 5) is 0. The molecule has 1 fully saturated rings. The summed E-state index contributed by atoms with van der Waals surface area (Å²) in [6, 6.07) is 10.5. The van der Waals surface area contributed by atoms with Crippen LogP contribution in [0.3, 0.4) is 0 Å². The van der Waals surface area contributed by atoms with Crippen LogP contribution in [0.4, 0.5) is 0 Å². The lowest BCUT2D eigenvalue weighted by Gasteiger charge is -2.03. The van der Waals surface area contributed by atoms with Gasteiger partial charge >= 0.3 is 0 Å². The van der Waals surface area contributed by atoms with Gasteiger partial charge in [-0.3, -0.25) is 0 Å². The fourth-order valence-corrected chi connectivity index (χ4v) is 1.25. The van der Waals surface area contributed by atoms with E-state index < -0.39 is 0 Å². The third kappa shape index (κ3) is 1.60. The van der Waals surface area contributed by atoms with E-state index in [1.807, 2.05) is 6.07 Å². The summed E-state index contributed by atoms with van der Waals surface area (Å²) in [5.41, 5.74) is 1.52. The van der Waals surface area contributed by atoms with Crippen LogP contribution in [0.1, 0.15) is 12.5 Å². The molecule has 2 rings (SSSR count). The Morgan fingerprint density at radius 2 is 2.00 bits per heavy atom. The van der Waals surface area contributed by atoms with Crippen LogP contribution in [0.2, 0.25) is 0 Å². The van der Waals surface area contributed by atoms with Crippen molar-refractivity contribution in [2.45, 2.75) is 18.9 Å². The van der Waals surface area contributed by atoms with Gasteiger partial charge in [-0.05, 0) is 12.5 Å². The summed E-state index contributed by atoms with van der Waals surface area (Å²) >= 11 is 0. The average Bonchev–Trinajstić information content (AvgIpc) is 2.70. The minimum atomic E-state index is 0.154. The number of benzene rings is 1. The van der Waals surface area contributed by atoms with Crippen molar-refractivity contribution in [3.05, 3.63) is 35.9 Å². The molecule has 0 bridgehead atoms. The summed E-state index contributed by atoms with van der Waals surface area (Å²) in [5.74, 6) is 0. The normalized spacial score (nSPS) is 28.5. The highest BCUT2D eigenvalue weighted by Crippen LogP contribution is 2.29. The number of ether oxygens (including phenoxy) is 1. The van der Waals surface area contributed by atoms with Crippen molar-refractivity contribution in [1.29, 1.82) is 0 Å². The monoisotopic (exact) mass is 148 g/mol. The van der Waals surface area contributed by atoms with Gasteiger partial charge in [-0.15, -0.1) is 0 Å². The van der Waals surface area contributed by atoms with Crippen molar-refractivity contribution in [2.75, 3.05) is 6.61 Å². The zero-order valence-electron chi connectivity index (χ0n) is 6.71. The van der Waals surface area contributed by atoms with Gasteiger partial charge in [-0.25, -0.2) is 0 Å². The first kappa shape index (κ1) is 6.86. The van der Waals surface area contributed by atoms with E-state index in [2.05, 4.69) is 31.2 Å². The highest BCUT2D eigenvalue weighted by molar-refractivity contribution is 5.18. The largest absolute Gasteiger partial charge is 0.370 e. The second kappa shape index (κ2) is 2.35. The maximum absolute atomic E-state index is 5.30. The number of hydrogen-bond acceptors (Lipinski definition) is 1. The average molecular weight is 148 g/mol. The lowest BCUT2D eigenvalue weighted by Crippen LogP contribution is -2.08. The predicted octanol–water partition coefficient (Wildman–Crippen LogP) is 2.02. The Morgan fingerprint density at radius 3 is 2.55 bits per heavy atom. The van der Waals surface area contributed by atoms with E-state index in [9.17, 15) is 0 Å². The van der Waals surface area contributed by atoms with E-state index in [1.165, 1.54) is 5.56 Å². The Hall–Kier alpha value is -0.820. The molecule has 0 saturated carbocycles. The van der Waals surface area contributed by atoms with Gasteiger partial charge in [0.25, 0.3) is 0 Å². The molecular formula is C10H12O. The van der Waals surface area contributed by atoms with Crippen LogP contribution in [0.15, 0.2) is 30.3 Å². The molecule has 1 aromatic rings. The summed E-state index contributed by atoms with van der Waals surface area (Å²) in [6.07, 6.45) is 1.05. The molecule has 1 heteroatoms. The van der Waals surface area contributed by atoms with Gasteiger partial charge in [0.05, 0.1) is 12.2 Å². The molecule has 0 aromatic heterocycles. The predicted molar refractivity (Wildman–Crippen MR) is 44.5 cm³/mol. The quantitative estimate of drug-likeness (QED) is 0.584. The molecule has 1 aliphatic heterocycles. The Labute approximate surface area is 67.0 Å². The van der Waals surface area contributed by atoms with E-state index in [4.69, 9.17) is 4.74 Å². The second-order valence-electron chi connectivity index (χ2n) is 3.40. The molecule has 0 spiro atoms. The van der Waals surface area contributed by atoms with Gasteiger partial charge in [-0.1, -0.05) is 30.3 Å². The van der Waals surface area contributed by atoms with Crippen LogP contribution in [-0.2, 0) is 11.2 Å². The maximum Gasteiger partial charge on any atom is 0.0928 e. The van der Waals surface area contributed by atoms with Gasteiger partial charge < -0.3 is 4.74 Å². The molecule has 0 N–H and O–H groups in total. The molecule has 1 atom stereocenters. The van der Waals surface area contributed by atoms with Gasteiger partial charge in [0.1, 0.15) is 0 Å².